The lowest BCUT2D eigenvalue weighted by molar-refractivity contribution is -0.282. The second-order valence-electron chi connectivity index (χ2n) is 11.0. The maximum Gasteiger partial charge on any atom is 0.303 e. The zero-order valence-corrected chi connectivity index (χ0v) is 19.0. The van der Waals surface area contributed by atoms with Crippen molar-refractivity contribution >= 4 is 17.7 Å². The van der Waals surface area contributed by atoms with Crippen LogP contribution >= 0.6 is 0 Å². The molecule has 9 atom stereocenters. The normalized spacial score (nSPS) is 47.9. The molecule has 2 bridgehead atoms. The van der Waals surface area contributed by atoms with Crippen LogP contribution in [0.4, 0.5) is 0 Å². The molecule has 0 radical (unpaired) electrons. The molecule has 4 saturated carbocycles. The number of allylic oxidation sites excluding steroid dienone is 1. The van der Waals surface area contributed by atoms with E-state index in [0.29, 0.717) is 31.3 Å². The summed E-state index contributed by atoms with van der Waals surface area (Å²) in [5.74, 6) is -2.21. The molecule has 7 nitrogen and oxygen atoms in total. The Morgan fingerprint density at radius 1 is 1.06 bits per heavy atom. The van der Waals surface area contributed by atoms with E-state index in [1.807, 2.05) is 20.8 Å². The Hall–Kier alpha value is -1.73. The first-order valence-electron chi connectivity index (χ1n) is 11.2. The smallest absolute Gasteiger partial charge is 0.303 e. The van der Waals surface area contributed by atoms with Crippen molar-refractivity contribution in [2.75, 3.05) is 0 Å². The molecule has 0 aromatic carbocycles. The molecule has 31 heavy (non-hydrogen) atoms. The topological polar surface area (TPSA) is 110 Å². The fourth-order valence-electron chi connectivity index (χ4n) is 8.22. The van der Waals surface area contributed by atoms with Crippen LogP contribution in [0, 0.1) is 34.0 Å². The van der Waals surface area contributed by atoms with Crippen molar-refractivity contribution in [2.45, 2.75) is 84.7 Å². The highest BCUT2D eigenvalue weighted by Crippen LogP contribution is 2.71. The van der Waals surface area contributed by atoms with E-state index >= 15 is 0 Å². The summed E-state index contributed by atoms with van der Waals surface area (Å²) in [7, 11) is 0. The number of ketones is 1. The van der Waals surface area contributed by atoms with Gasteiger partial charge in [0.15, 0.2) is 5.78 Å². The Labute approximate surface area is 183 Å². The molecule has 0 aromatic heterocycles. The molecular formula is C24H34O7. The summed E-state index contributed by atoms with van der Waals surface area (Å²) in [4.78, 5) is 37.4. The molecular weight excluding hydrogens is 400 g/mol. The third-order valence-corrected chi connectivity index (χ3v) is 9.03. The first-order chi connectivity index (χ1) is 14.3. The molecule has 0 heterocycles. The van der Waals surface area contributed by atoms with E-state index in [4.69, 9.17) is 9.47 Å². The number of Topliss-reactive ketones (excluding diaryl/α,β-unsaturated/α-hetero) is 1. The summed E-state index contributed by atoms with van der Waals surface area (Å²) >= 11 is 0. The number of aliphatic hydroxyl groups is 2. The Morgan fingerprint density at radius 3 is 2.26 bits per heavy atom. The van der Waals surface area contributed by atoms with Crippen LogP contribution in [0.1, 0.15) is 60.3 Å². The summed E-state index contributed by atoms with van der Waals surface area (Å²) in [6.07, 6.45) is -1.41. The van der Waals surface area contributed by atoms with Crippen molar-refractivity contribution in [3.8, 4) is 0 Å². The molecule has 2 N–H and O–H groups in total. The minimum Gasteiger partial charge on any atom is -0.462 e. The number of hydrogen-bond donors (Lipinski definition) is 2. The molecule has 0 saturated heterocycles. The van der Waals surface area contributed by atoms with Crippen molar-refractivity contribution < 1.29 is 34.1 Å². The van der Waals surface area contributed by atoms with Gasteiger partial charge in [-0.05, 0) is 42.6 Å². The largest absolute Gasteiger partial charge is 0.462 e. The van der Waals surface area contributed by atoms with Gasteiger partial charge in [-0.15, -0.1) is 0 Å². The van der Waals surface area contributed by atoms with Gasteiger partial charge in [0.25, 0.3) is 0 Å². The van der Waals surface area contributed by atoms with Crippen LogP contribution in [-0.4, -0.2) is 52.4 Å². The monoisotopic (exact) mass is 434 g/mol. The van der Waals surface area contributed by atoms with E-state index in [0.717, 1.165) is 0 Å². The molecule has 0 unspecified atom stereocenters. The summed E-state index contributed by atoms with van der Waals surface area (Å²) in [6, 6.07) is 0. The molecule has 4 aliphatic carbocycles. The Kier molecular flexibility index (Phi) is 4.99. The fraction of sp³-hybridized carbons (Fsp3) is 0.792. The van der Waals surface area contributed by atoms with Gasteiger partial charge in [-0.3, -0.25) is 14.4 Å². The maximum absolute atomic E-state index is 13.5. The zero-order chi connectivity index (χ0) is 23.1. The Balaban J connectivity index is 1.90. The van der Waals surface area contributed by atoms with Gasteiger partial charge in [-0.2, -0.15) is 0 Å². The van der Waals surface area contributed by atoms with Gasteiger partial charge in [0.1, 0.15) is 18.3 Å². The Morgan fingerprint density at radius 2 is 1.68 bits per heavy atom. The molecule has 0 aromatic rings. The fourth-order valence-corrected chi connectivity index (χ4v) is 8.22. The van der Waals surface area contributed by atoms with Crippen molar-refractivity contribution in [3.05, 3.63) is 12.2 Å². The number of esters is 2. The molecule has 1 spiro atoms. The third-order valence-electron chi connectivity index (χ3n) is 9.03. The van der Waals surface area contributed by atoms with Crippen LogP contribution in [0.5, 0.6) is 0 Å². The first-order valence-corrected chi connectivity index (χ1v) is 11.2. The van der Waals surface area contributed by atoms with Crippen molar-refractivity contribution in [1.29, 1.82) is 0 Å². The van der Waals surface area contributed by atoms with Gasteiger partial charge in [0.2, 0.25) is 0 Å². The molecule has 0 amide bonds. The van der Waals surface area contributed by atoms with E-state index in [2.05, 4.69) is 6.58 Å². The maximum atomic E-state index is 13.5. The number of carbonyl (C=O) groups is 3. The summed E-state index contributed by atoms with van der Waals surface area (Å²) in [6.45, 7) is 12.6. The lowest BCUT2D eigenvalue weighted by atomic mass is 9.38. The van der Waals surface area contributed by atoms with Crippen molar-refractivity contribution in [1.82, 2.24) is 0 Å². The van der Waals surface area contributed by atoms with Crippen molar-refractivity contribution in [2.24, 2.45) is 34.0 Å². The van der Waals surface area contributed by atoms with Crippen LogP contribution in [0.25, 0.3) is 0 Å². The van der Waals surface area contributed by atoms with E-state index in [1.54, 1.807) is 0 Å². The second-order valence-corrected chi connectivity index (χ2v) is 11.0. The van der Waals surface area contributed by atoms with E-state index in [9.17, 15) is 24.6 Å². The predicted molar refractivity (Wildman–Crippen MR) is 111 cm³/mol. The van der Waals surface area contributed by atoms with Crippen molar-refractivity contribution in [3.63, 3.8) is 0 Å². The first kappa shape index (κ1) is 22.5. The van der Waals surface area contributed by atoms with E-state index in [-0.39, 0.29) is 17.7 Å². The highest BCUT2D eigenvalue weighted by molar-refractivity contribution is 6.03. The Bertz CT molecular complexity index is 847. The average Bonchev–Trinajstić information content (AvgIpc) is 2.83. The summed E-state index contributed by atoms with van der Waals surface area (Å²) in [5, 5.41) is 23.0. The van der Waals surface area contributed by atoms with E-state index in [1.165, 1.54) is 13.8 Å². The second kappa shape index (κ2) is 6.88. The van der Waals surface area contributed by atoms with Gasteiger partial charge in [-0.1, -0.05) is 27.4 Å². The molecule has 4 rings (SSSR count). The minimum absolute atomic E-state index is 0.170. The van der Waals surface area contributed by atoms with Crippen LogP contribution < -0.4 is 0 Å². The molecule has 0 aliphatic heterocycles. The minimum atomic E-state index is -1.26. The SMILES string of the molecule is C=C1C(=O)[C@]23C[C@H]1C[C@@H](O)[C@@H]2[C@@]1(C)CC[C@H](OC(C)=O)C(C)(C)[C@@H]1[C@@H](OC(C)=O)[C@@H]3O. The highest BCUT2D eigenvalue weighted by Gasteiger charge is 2.76. The lowest BCUT2D eigenvalue weighted by Crippen LogP contribution is -2.73. The molecule has 7 heteroatoms. The summed E-state index contributed by atoms with van der Waals surface area (Å²) in [5.41, 5.74) is -2.02. The third kappa shape index (κ3) is 2.81. The number of rotatable bonds is 2. The molecule has 172 valence electrons. The van der Waals surface area contributed by atoms with Gasteiger partial charge in [0.05, 0.1) is 11.5 Å². The number of hydrogen-bond acceptors (Lipinski definition) is 7. The highest BCUT2D eigenvalue weighted by atomic mass is 16.6. The van der Waals surface area contributed by atoms with Gasteiger partial charge >= 0.3 is 11.9 Å². The number of carbonyl (C=O) groups excluding carboxylic acids is 3. The van der Waals surface area contributed by atoms with E-state index < -0.39 is 58.5 Å². The van der Waals surface area contributed by atoms with Crippen LogP contribution in [0.3, 0.4) is 0 Å². The zero-order valence-electron chi connectivity index (χ0n) is 19.0. The van der Waals surface area contributed by atoms with Gasteiger partial charge < -0.3 is 19.7 Å². The lowest BCUT2D eigenvalue weighted by Gasteiger charge is -2.67. The number of aliphatic hydroxyl groups excluding tert-OH is 2. The van der Waals surface area contributed by atoms with Gasteiger partial charge in [-0.25, -0.2) is 0 Å². The average molecular weight is 435 g/mol. The van der Waals surface area contributed by atoms with Crippen LogP contribution in [0.2, 0.25) is 0 Å². The standard InChI is InChI=1S/C24H34O7/c1-11-14-9-15(27)18-23(6)8-7-16(30-12(2)25)22(4,5)19(23)17(31-13(3)26)21(29)24(18,10-14)20(11)28/h14-19,21,27,29H,1,7-10H2,2-6H3/t14-,15-,16+,17-,18-,19+,21+,23-,24+/m1/s1. The molecule has 4 aliphatic rings. The summed E-state index contributed by atoms with van der Waals surface area (Å²) < 4.78 is 11.4. The van der Waals surface area contributed by atoms with Crippen LogP contribution in [0.15, 0.2) is 12.2 Å². The number of fused-ring (bicyclic) bond motifs is 3. The van der Waals surface area contributed by atoms with Crippen LogP contribution in [-0.2, 0) is 23.9 Å². The quantitative estimate of drug-likeness (QED) is 0.506. The number of ether oxygens (including phenoxy) is 2. The van der Waals surface area contributed by atoms with Gasteiger partial charge in [0, 0.05) is 31.1 Å². The predicted octanol–water partition coefficient (Wildman–Crippen LogP) is 2.18. The molecule has 4 fully saturated rings.